The molecular formula is C24H32N2O. The highest BCUT2D eigenvalue weighted by Gasteiger charge is 2.29. The molecule has 1 saturated heterocycles. The lowest BCUT2D eigenvalue weighted by molar-refractivity contribution is 0.0559. The Morgan fingerprint density at radius 3 is 2.15 bits per heavy atom. The highest BCUT2D eigenvalue weighted by molar-refractivity contribution is 5.29. The molecule has 1 N–H and O–H groups in total. The predicted octanol–water partition coefficient (Wildman–Crippen LogP) is 4.63. The second-order valence-electron chi connectivity index (χ2n) is 8.16. The van der Waals surface area contributed by atoms with Crippen LogP contribution < -0.4 is 0 Å². The summed E-state index contributed by atoms with van der Waals surface area (Å²) in [5, 5.41) is 9.59. The number of benzene rings is 2. The zero-order valence-electron chi connectivity index (χ0n) is 16.3. The molecule has 2 aromatic rings. The Morgan fingerprint density at radius 2 is 1.48 bits per heavy atom. The fourth-order valence-electron chi connectivity index (χ4n) is 4.85. The molecule has 1 aliphatic carbocycles. The normalized spacial score (nSPS) is 21.2. The van der Waals surface area contributed by atoms with E-state index < -0.39 is 0 Å². The smallest absolute Gasteiger partial charge is 0.115 e. The van der Waals surface area contributed by atoms with Crippen LogP contribution in [0.4, 0.5) is 0 Å². The molecule has 0 aromatic heterocycles. The van der Waals surface area contributed by atoms with Crippen molar-refractivity contribution >= 4 is 0 Å². The van der Waals surface area contributed by atoms with Crippen molar-refractivity contribution in [3.8, 4) is 5.75 Å². The van der Waals surface area contributed by atoms with Crippen LogP contribution in [-0.2, 0) is 6.42 Å². The van der Waals surface area contributed by atoms with Crippen LogP contribution in [0, 0.1) is 0 Å². The first-order chi connectivity index (χ1) is 13.3. The van der Waals surface area contributed by atoms with Crippen molar-refractivity contribution in [1.29, 1.82) is 0 Å². The second kappa shape index (κ2) is 8.90. The van der Waals surface area contributed by atoms with E-state index in [0.717, 1.165) is 25.6 Å². The largest absolute Gasteiger partial charge is 0.508 e. The number of aromatic hydroxyl groups is 1. The van der Waals surface area contributed by atoms with E-state index in [0.29, 0.717) is 11.8 Å². The van der Waals surface area contributed by atoms with E-state index in [-0.39, 0.29) is 0 Å². The monoisotopic (exact) mass is 364 g/mol. The molecule has 1 heterocycles. The number of hydrogen-bond donors (Lipinski definition) is 1. The summed E-state index contributed by atoms with van der Waals surface area (Å²) in [6.07, 6.45) is 8.05. The van der Waals surface area contributed by atoms with Crippen molar-refractivity contribution in [3.63, 3.8) is 0 Å². The zero-order chi connectivity index (χ0) is 18.5. The molecule has 1 aliphatic heterocycles. The minimum atomic E-state index is 0.344. The lowest BCUT2D eigenvalue weighted by atomic mass is 9.93. The van der Waals surface area contributed by atoms with Crippen LogP contribution >= 0.6 is 0 Å². The number of piperazine rings is 1. The van der Waals surface area contributed by atoms with Gasteiger partial charge < -0.3 is 5.11 Å². The van der Waals surface area contributed by atoms with Crippen molar-refractivity contribution in [2.45, 2.75) is 50.6 Å². The number of nitrogens with zero attached hydrogens (tertiary/aromatic N) is 2. The molecule has 4 rings (SSSR count). The molecule has 1 atom stereocenters. The highest BCUT2D eigenvalue weighted by Crippen LogP contribution is 2.29. The third kappa shape index (κ3) is 4.72. The fraction of sp³-hybridized carbons (Fsp3) is 0.500. The van der Waals surface area contributed by atoms with Crippen LogP contribution in [0.25, 0.3) is 0 Å². The van der Waals surface area contributed by atoms with Gasteiger partial charge in [0.2, 0.25) is 0 Å². The Morgan fingerprint density at radius 1 is 0.815 bits per heavy atom. The van der Waals surface area contributed by atoms with Crippen molar-refractivity contribution < 1.29 is 5.11 Å². The van der Waals surface area contributed by atoms with Gasteiger partial charge >= 0.3 is 0 Å². The van der Waals surface area contributed by atoms with E-state index >= 15 is 0 Å². The maximum atomic E-state index is 9.59. The van der Waals surface area contributed by atoms with Crippen molar-refractivity contribution in [2.75, 3.05) is 26.2 Å². The third-order valence-electron chi connectivity index (χ3n) is 6.43. The van der Waals surface area contributed by atoms with E-state index in [1.807, 2.05) is 0 Å². The van der Waals surface area contributed by atoms with Crippen LogP contribution in [0.2, 0.25) is 0 Å². The summed E-state index contributed by atoms with van der Waals surface area (Å²) in [7, 11) is 0. The van der Waals surface area contributed by atoms with E-state index in [2.05, 4.69) is 52.3 Å². The maximum absolute atomic E-state index is 9.59. The molecular weight excluding hydrogens is 332 g/mol. The summed E-state index contributed by atoms with van der Waals surface area (Å²) in [5.41, 5.74) is 2.69. The van der Waals surface area contributed by atoms with Gasteiger partial charge in [0.15, 0.2) is 0 Å². The quantitative estimate of drug-likeness (QED) is 0.838. The minimum Gasteiger partial charge on any atom is -0.508 e. The first-order valence-corrected chi connectivity index (χ1v) is 10.6. The van der Waals surface area contributed by atoms with Gasteiger partial charge in [0.05, 0.1) is 0 Å². The molecule has 0 bridgehead atoms. The van der Waals surface area contributed by atoms with Gasteiger partial charge in [-0.25, -0.2) is 0 Å². The summed E-state index contributed by atoms with van der Waals surface area (Å²) in [6.45, 7) is 4.69. The molecule has 1 unspecified atom stereocenters. The summed E-state index contributed by atoms with van der Waals surface area (Å²) in [5.74, 6) is 0.344. The van der Waals surface area contributed by atoms with Crippen LogP contribution in [0.15, 0.2) is 54.6 Å². The van der Waals surface area contributed by atoms with E-state index in [9.17, 15) is 5.11 Å². The molecule has 3 nitrogen and oxygen atoms in total. The molecule has 3 heteroatoms. The highest BCUT2D eigenvalue weighted by atomic mass is 16.3. The van der Waals surface area contributed by atoms with Crippen molar-refractivity contribution in [3.05, 3.63) is 65.7 Å². The lowest BCUT2D eigenvalue weighted by Gasteiger charge is -2.43. The number of hydrogen-bond acceptors (Lipinski definition) is 3. The van der Waals surface area contributed by atoms with Gasteiger partial charge in [-0.2, -0.15) is 0 Å². The first kappa shape index (κ1) is 18.5. The molecule has 2 aromatic carbocycles. The standard InChI is InChI=1S/C24H32N2O/c27-23-13-11-20(12-14-23)19-24(21-7-3-1-4-8-21)26-17-15-25(16-18-26)22-9-5-2-6-10-22/h1,3-4,7-8,11-14,22,24,27H,2,5-6,9-10,15-19H2. The van der Waals surface area contributed by atoms with Gasteiger partial charge in [-0.3, -0.25) is 9.80 Å². The summed E-state index contributed by atoms with van der Waals surface area (Å²) < 4.78 is 0. The Balaban J connectivity index is 1.45. The second-order valence-corrected chi connectivity index (χ2v) is 8.16. The third-order valence-corrected chi connectivity index (χ3v) is 6.43. The van der Waals surface area contributed by atoms with Gasteiger partial charge in [-0.1, -0.05) is 61.7 Å². The zero-order valence-corrected chi connectivity index (χ0v) is 16.3. The Kier molecular flexibility index (Phi) is 6.10. The number of phenols is 1. The predicted molar refractivity (Wildman–Crippen MR) is 111 cm³/mol. The van der Waals surface area contributed by atoms with E-state index in [4.69, 9.17) is 0 Å². The SMILES string of the molecule is Oc1ccc(CC(c2ccccc2)N2CCN(C3CCCCC3)CC2)cc1. The molecule has 144 valence electrons. The summed E-state index contributed by atoms with van der Waals surface area (Å²) in [4.78, 5) is 5.42. The van der Waals surface area contributed by atoms with Gasteiger partial charge in [-0.05, 0) is 42.5 Å². The molecule has 2 fully saturated rings. The average Bonchev–Trinajstić information content (AvgIpc) is 2.75. The molecule has 1 saturated carbocycles. The Labute approximate surface area is 163 Å². The van der Waals surface area contributed by atoms with Gasteiger partial charge in [0.1, 0.15) is 5.75 Å². The van der Waals surface area contributed by atoms with Crippen LogP contribution in [-0.4, -0.2) is 47.1 Å². The Hall–Kier alpha value is -1.84. The molecule has 27 heavy (non-hydrogen) atoms. The van der Waals surface area contributed by atoms with Crippen molar-refractivity contribution in [2.24, 2.45) is 0 Å². The fourth-order valence-corrected chi connectivity index (χ4v) is 4.85. The van der Waals surface area contributed by atoms with Crippen LogP contribution in [0.1, 0.15) is 49.3 Å². The van der Waals surface area contributed by atoms with Gasteiger partial charge in [0, 0.05) is 38.3 Å². The van der Waals surface area contributed by atoms with Gasteiger partial charge in [0.25, 0.3) is 0 Å². The van der Waals surface area contributed by atoms with E-state index in [1.165, 1.54) is 56.3 Å². The average molecular weight is 365 g/mol. The van der Waals surface area contributed by atoms with E-state index in [1.54, 1.807) is 12.1 Å². The number of rotatable bonds is 5. The summed E-state index contributed by atoms with van der Waals surface area (Å²) >= 11 is 0. The van der Waals surface area contributed by atoms with Crippen LogP contribution in [0.3, 0.4) is 0 Å². The molecule has 0 amide bonds. The maximum Gasteiger partial charge on any atom is 0.115 e. The first-order valence-electron chi connectivity index (χ1n) is 10.6. The summed E-state index contributed by atoms with van der Waals surface area (Å²) in [6, 6.07) is 19.9. The lowest BCUT2D eigenvalue weighted by Crippen LogP contribution is -2.51. The molecule has 2 aliphatic rings. The minimum absolute atomic E-state index is 0.344. The number of phenolic OH excluding ortho intramolecular Hbond substituents is 1. The Bertz CT molecular complexity index is 686. The molecule has 0 radical (unpaired) electrons. The molecule has 0 spiro atoms. The van der Waals surface area contributed by atoms with Crippen LogP contribution in [0.5, 0.6) is 5.75 Å². The van der Waals surface area contributed by atoms with Gasteiger partial charge in [-0.15, -0.1) is 0 Å². The van der Waals surface area contributed by atoms with Crippen molar-refractivity contribution in [1.82, 2.24) is 9.80 Å². The topological polar surface area (TPSA) is 26.7 Å².